The summed E-state index contributed by atoms with van der Waals surface area (Å²) in [6.45, 7) is 0. The zero-order valence-corrected chi connectivity index (χ0v) is 8.22. The van der Waals surface area contributed by atoms with E-state index in [0.717, 1.165) is 11.5 Å². The molecule has 2 aromatic rings. The predicted octanol–water partition coefficient (Wildman–Crippen LogP) is 2.47. The standard InChI is InChI=1S/C12H8FNO2/c13-9-2-1-8-5-6-14-11(10(8)7-9)3-4-12(15)16/h1-7H,(H,15,16)/b4-3+. The van der Waals surface area contributed by atoms with Crippen LogP contribution in [0.1, 0.15) is 5.69 Å². The molecule has 0 saturated carbocycles. The minimum absolute atomic E-state index is 0.370. The van der Waals surface area contributed by atoms with Crippen LogP contribution in [-0.4, -0.2) is 16.1 Å². The van der Waals surface area contributed by atoms with Gasteiger partial charge in [-0.05, 0) is 29.7 Å². The van der Waals surface area contributed by atoms with E-state index in [2.05, 4.69) is 4.98 Å². The molecule has 2 rings (SSSR count). The second kappa shape index (κ2) is 4.10. The Kier molecular flexibility index (Phi) is 2.64. The first-order valence-corrected chi connectivity index (χ1v) is 4.62. The summed E-state index contributed by atoms with van der Waals surface area (Å²) >= 11 is 0. The van der Waals surface area contributed by atoms with Crippen LogP contribution in [-0.2, 0) is 4.79 Å². The highest BCUT2D eigenvalue weighted by molar-refractivity contribution is 5.92. The smallest absolute Gasteiger partial charge is 0.328 e. The van der Waals surface area contributed by atoms with Crippen LogP contribution in [0.4, 0.5) is 4.39 Å². The molecule has 0 aliphatic carbocycles. The van der Waals surface area contributed by atoms with E-state index < -0.39 is 5.97 Å². The van der Waals surface area contributed by atoms with Gasteiger partial charge in [0.1, 0.15) is 5.82 Å². The Morgan fingerprint density at radius 3 is 2.94 bits per heavy atom. The van der Waals surface area contributed by atoms with Crippen molar-refractivity contribution in [3.05, 3.63) is 48.0 Å². The maximum atomic E-state index is 13.0. The van der Waals surface area contributed by atoms with Gasteiger partial charge >= 0.3 is 5.97 Å². The topological polar surface area (TPSA) is 50.2 Å². The van der Waals surface area contributed by atoms with Crippen LogP contribution in [0.2, 0.25) is 0 Å². The first kappa shape index (κ1) is 10.3. The fourth-order valence-corrected chi connectivity index (χ4v) is 1.45. The fourth-order valence-electron chi connectivity index (χ4n) is 1.45. The molecule has 4 heteroatoms. The van der Waals surface area contributed by atoms with Gasteiger partial charge in [-0.3, -0.25) is 4.98 Å². The van der Waals surface area contributed by atoms with Gasteiger partial charge in [0, 0.05) is 17.7 Å². The molecule has 0 aliphatic rings. The summed E-state index contributed by atoms with van der Waals surface area (Å²) in [5.74, 6) is -1.43. The van der Waals surface area contributed by atoms with Crippen molar-refractivity contribution in [1.82, 2.24) is 4.98 Å². The van der Waals surface area contributed by atoms with Crippen LogP contribution in [0.3, 0.4) is 0 Å². The number of hydrogen-bond donors (Lipinski definition) is 1. The SMILES string of the molecule is O=C(O)/C=C/c1nccc2ccc(F)cc12. The van der Waals surface area contributed by atoms with E-state index in [1.165, 1.54) is 18.2 Å². The number of hydrogen-bond acceptors (Lipinski definition) is 2. The maximum absolute atomic E-state index is 13.0. The van der Waals surface area contributed by atoms with E-state index in [9.17, 15) is 9.18 Å². The number of carboxylic acids is 1. The van der Waals surface area contributed by atoms with Crippen molar-refractivity contribution >= 4 is 22.8 Å². The first-order chi connectivity index (χ1) is 7.66. The lowest BCUT2D eigenvalue weighted by Gasteiger charge is -2.00. The highest BCUT2D eigenvalue weighted by Gasteiger charge is 2.01. The van der Waals surface area contributed by atoms with Crippen LogP contribution in [0, 0.1) is 5.82 Å². The molecule has 16 heavy (non-hydrogen) atoms. The number of fused-ring (bicyclic) bond motifs is 1. The lowest BCUT2D eigenvalue weighted by Crippen LogP contribution is -1.89. The van der Waals surface area contributed by atoms with Gasteiger partial charge in [0.2, 0.25) is 0 Å². The normalized spacial score (nSPS) is 11.1. The molecule has 0 radical (unpaired) electrons. The van der Waals surface area contributed by atoms with Crippen molar-refractivity contribution in [2.75, 3.05) is 0 Å². The summed E-state index contributed by atoms with van der Waals surface area (Å²) in [4.78, 5) is 14.4. The van der Waals surface area contributed by atoms with Gasteiger partial charge in [0.15, 0.2) is 0 Å². The van der Waals surface area contributed by atoms with Crippen molar-refractivity contribution in [1.29, 1.82) is 0 Å². The lowest BCUT2D eigenvalue weighted by atomic mass is 10.1. The van der Waals surface area contributed by atoms with E-state index in [1.807, 2.05) is 0 Å². The van der Waals surface area contributed by atoms with Crippen LogP contribution in [0.25, 0.3) is 16.8 Å². The number of rotatable bonds is 2. The van der Waals surface area contributed by atoms with Crippen molar-refractivity contribution in [2.45, 2.75) is 0 Å². The highest BCUT2D eigenvalue weighted by Crippen LogP contribution is 2.18. The molecule has 3 nitrogen and oxygen atoms in total. The maximum Gasteiger partial charge on any atom is 0.328 e. The summed E-state index contributed by atoms with van der Waals surface area (Å²) in [7, 11) is 0. The van der Waals surface area contributed by atoms with E-state index >= 15 is 0 Å². The van der Waals surface area contributed by atoms with Gasteiger partial charge < -0.3 is 5.11 Å². The summed E-state index contributed by atoms with van der Waals surface area (Å²) in [5, 5.41) is 9.93. The minimum atomic E-state index is -1.06. The number of pyridine rings is 1. The number of carbonyl (C=O) groups is 1. The third-order valence-corrected chi connectivity index (χ3v) is 2.14. The van der Waals surface area contributed by atoms with E-state index in [-0.39, 0.29) is 5.82 Å². The van der Waals surface area contributed by atoms with Crippen molar-refractivity contribution < 1.29 is 14.3 Å². The third kappa shape index (κ3) is 2.06. The zero-order valence-electron chi connectivity index (χ0n) is 8.22. The van der Waals surface area contributed by atoms with E-state index in [0.29, 0.717) is 11.1 Å². The largest absolute Gasteiger partial charge is 0.478 e. The Hall–Kier alpha value is -2.23. The summed E-state index contributed by atoms with van der Waals surface area (Å²) in [6, 6.07) is 6.06. The van der Waals surface area contributed by atoms with Crippen LogP contribution < -0.4 is 0 Å². The number of carboxylic acid groups (broad SMARTS) is 1. The van der Waals surface area contributed by atoms with Crippen molar-refractivity contribution in [3.8, 4) is 0 Å². The molecule has 1 aromatic carbocycles. The molecular formula is C12H8FNO2. The minimum Gasteiger partial charge on any atom is -0.478 e. The summed E-state index contributed by atoms with van der Waals surface area (Å²) < 4.78 is 13.0. The van der Waals surface area contributed by atoms with Crippen LogP contribution >= 0.6 is 0 Å². The number of aliphatic carboxylic acids is 1. The Morgan fingerprint density at radius 2 is 2.19 bits per heavy atom. The monoisotopic (exact) mass is 217 g/mol. The molecule has 0 amide bonds. The quantitative estimate of drug-likeness (QED) is 0.786. The first-order valence-electron chi connectivity index (χ1n) is 4.62. The third-order valence-electron chi connectivity index (χ3n) is 2.14. The van der Waals surface area contributed by atoms with Gasteiger partial charge in [-0.25, -0.2) is 9.18 Å². The molecule has 0 fully saturated rings. The highest BCUT2D eigenvalue weighted by atomic mass is 19.1. The molecule has 0 unspecified atom stereocenters. The molecule has 0 saturated heterocycles. The zero-order chi connectivity index (χ0) is 11.5. The van der Waals surface area contributed by atoms with Crippen molar-refractivity contribution in [3.63, 3.8) is 0 Å². The molecule has 80 valence electrons. The summed E-state index contributed by atoms with van der Waals surface area (Å²) in [5.41, 5.74) is 0.444. The van der Waals surface area contributed by atoms with Gasteiger partial charge in [0.25, 0.3) is 0 Å². The number of benzene rings is 1. The molecule has 0 spiro atoms. The molecule has 1 heterocycles. The molecule has 0 bridgehead atoms. The molecule has 0 aliphatic heterocycles. The second-order valence-electron chi connectivity index (χ2n) is 3.23. The molecule has 0 atom stereocenters. The van der Waals surface area contributed by atoms with Gasteiger partial charge in [-0.15, -0.1) is 0 Å². The lowest BCUT2D eigenvalue weighted by molar-refractivity contribution is -0.131. The van der Waals surface area contributed by atoms with Gasteiger partial charge in [-0.2, -0.15) is 0 Å². The average molecular weight is 217 g/mol. The number of nitrogens with zero attached hydrogens (tertiary/aromatic N) is 1. The Bertz CT molecular complexity index is 578. The van der Waals surface area contributed by atoms with Crippen LogP contribution in [0.15, 0.2) is 36.5 Å². The number of aromatic nitrogens is 1. The molecule has 1 N–H and O–H groups in total. The van der Waals surface area contributed by atoms with Crippen LogP contribution in [0.5, 0.6) is 0 Å². The Morgan fingerprint density at radius 1 is 1.38 bits per heavy atom. The molecule has 1 aromatic heterocycles. The molecular weight excluding hydrogens is 209 g/mol. The second-order valence-corrected chi connectivity index (χ2v) is 3.23. The van der Waals surface area contributed by atoms with Gasteiger partial charge in [-0.1, -0.05) is 6.07 Å². The Balaban J connectivity index is 2.60. The van der Waals surface area contributed by atoms with E-state index in [1.54, 1.807) is 18.3 Å². The Labute approximate surface area is 90.9 Å². The van der Waals surface area contributed by atoms with E-state index in [4.69, 9.17) is 5.11 Å². The van der Waals surface area contributed by atoms with Crippen molar-refractivity contribution in [2.24, 2.45) is 0 Å². The summed E-state index contributed by atoms with van der Waals surface area (Å²) in [6.07, 6.45) is 3.89. The predicted molar refractivity (Wildman–Crippen MR) is 58.4 cm³/mol. The van der Waals surface area contributed by atoms with Gasteiger partial charge in [0.05, 0.1) is 5.69 Å². The fraction of sp³-hybridized carbons (Fsp3) is 0. The average Bonchev–Trinajstić information content (AvgIpc) is 2.26. The number of halogens is 1.